The Kier molecular flexibility index (Phi) is 4.70. The van der Waals surface area contributed by atoms with Gasteiger partial charge in [-0.25, -0.2) is 12.8 Å². The van der Waals surface area contributed by atoms with Crippen molar-refractivity contribution in [2.45, 2.75) is 36.6 Å². The molecule has 0 unspecified atom stereocenters. The lowest BCUT2D eigenvalue weighted by molar-refractivity contribution is 0.467. The third-order valence-corrected chi connectivity index (χ3v) is 6.19. The van der Waals surface area contributed by atoms with E-state index in [9.17, 15) is 12.8 Å². The molecule has 0 amide bonds. The van der Waals surface area contributed by atoms with Crippen molar-refractivity contribution in [1.82, 2.24) is 9.78 Å². The third kappa shape index (κ3) is 3.73. The van der Waals surface area contributed by atoms with Gasteiger partial charge in [-0.3, -0.25) is 9.40 Å². The standard InChI is InChI=1S/C20H20FN3O2S/c21-16-9-6-10-17(13-16)23-27(25,26)19-14-24(18-11-4-5-12-18)22-20(19)15-7-2-1-3-8-15/h1-3,6-10,13-14,18,23H,4-5,11-12H2. The van der Waals surface area contributed by atoms with E-state index in [4.69, 9.17) is 0 Å². The van der Waals surface area contributed by atoms with Crippen LogP contribution in [0, 0.1) is 5.82 Å². The highest BCUT2D eigenvalue weighted by molar-refractivity contribution is 7.92. The Morgan fingerprint density at radius 1 is 1.04 bits per heavy atom. The summed E-state index contributed by atoms with van der Waals surface area (Å²) in [7, 11) is -3.92. The van der Waals surface area contributed by atoms with Crippen molar-refractivity contribution >= 4 is 15.7 Å². The van der Waals surface area contributed by atoms with Gasteiger partial charge in [0.15, 0.2) is 0 Å². The van der Waals surface area contributed by atoms with Crippen molar-refractivity contribution in [2.75, 3.05) is 4.72 Å². The molecule has 0 radical (unpaired) electrons. The molecular formula is C20H20FN3O2S. The SMILES string of the molecule is O=S(=O)(Nc1cccc(F)c1)c1cn(C2CCCC2)nc1-c1ccccc1. The van der Waals surface area contributed by atoms with Crippen LogP contribution in [0.3, 0.4) is 0 Å². The zero-order valence-corrected chi connectivity index (χ0v) is 15.5. The van der Waals surface area contributed by atoms with Crippen molar-refractivity contribution in [3.05, 3.63) is 66.6 Å². The van der Waals surface area contributed by atoms with E-state index >= 15 is 0 Å². The molecule has 0 aliphatic heterocycles. The largest absolute Gasteiger partial charge is 0.279 e. The summed E-state index contributed by atoms with van der Waals surface area (Å²) in [4.78, 5) is 0.102. The van der Waals surface area contributed by atoms with E-state index < -0.39 is 15.8 Å². The van der Waals surface area contributed by atoms with Gasteiger partial charge >= 0.3 is 0 Å². The van der Waals surface area contributed by atoms with Gasteiger partial charge in [-0.1, -0.05) is 49.2 Å². The number of aromatic nitrogens is 2. The molecule has 1 heterocycles. The Morgan fingerprint density at radius 3 is 2.48 bits per heavy atom. The molecule has 0 bridgehead atoms. The number of nitrogens with one attached hydrogen (secondary N) is 1. The summed E-state index contributed by atoms with van der Waals surface area (Å²) in [6.45, 7) is 0. The number of nitrogens with zero attached hydrogens (tertiary/aromatic N) is 2. The molecule has 5 nitrogen and oxygen atoms in total. The van der Waals surface area contributed by atoms with Crippen LogP contribution < -0.4 is 4.72 Å². The molecule has 3 aromatic rings. The molecule has 1 fully saturated rings. The third-order valence-electron chi connectivity index (χ3n) is 4.81. The molecule has 1 saturated carbocycles. The van der Waals surface area contributed by atoms with Gasteiger partial charge in [-0.15, -0.1) is 0 Å². The number of halogens is 1. The van der Waals surface area contributed by atoms with Crippen molar-refractivity contribution < 1.29 is 12.8 Å². The highest BCUT2D eigenvalue weighted by atomic mass is 32.2. The van der Waals surface area contributed by atoms with Gasteiger partial charge in [0.2, 0.25) is 0 Å². The number of rotatable bonds is 5. The smallest absolute Gasteiger partial charge is 0.265 e. The molecule has 140 valence electrons. The lowest BCUT2D eigenvalue weighted by atomic mass is 10.2. The fourth-order valence-electron chi connectivity index (χ4n) is 3.49. The molecule has 4 rings (SSSR count). The molecule has 7 heteroatoms. The summed E-state index contributed by atoms with van der Waals surface area (Å²) >= 11 is 0. The second-order valence-corrected chi connectivity index (χ2v) is 8.39. The van der Waals surface area contributed by atoms with Crippen LogP contribution >= 0.6 is 0 Å². The Balaban J connectivity index is 1.77. The van der Waals surface area contributed by atoms with E-state index in [1.54, 1.807) is 10.9 Å². The molecule has 1 aromatic heterocycles. The van der Waals surface area contributed by atoms with E-state index in [1.165, 1.54) is 18.2 Å². The number of hydrogen-bond acceptors (Lipinski definition) is 3. The monoisotopic (exact) mass is 385 g/mol. The minimum absolute atomic E-state index is 0.102. The molecule has 0 atom stereocenters. The molecule has 1 aliphatic rings. The lowest BCUT2D eigenvalue weighted by Crippen LogP contribution is -2.13. The first-order chi connectivity index (χ1) is 13.0. The predicted octanol–water partition coefficient (Wildman–Crippen LogP) is 4.61. The topological polar surface area (TPSA) is 64.0 Å². The summed E-state index contributed by atoms with van der Waals surface area (Å²) < 4.78 is 43.8. The van der Waals surface area contributed by atoms with Crippen molar-refractivity contribution in [1.29, 1.82) is 0 Å². The molecular weight excluding hydrogens is 365 g/mol. The Hall–Kier alpha value is -2.67. The zero-order valence-electron chi connectivity index (χ0n) is 14.7. The number of benzene rings is 2. The van der Waals surface area contributed by atoms with Gasteiger partial charge in [-0.2, -0.15) is 5.10 Å². The minimum atomic E-state index is -3.92. The van der Waals surface area contributed by atoms with Crippen LogP contribution in [0.1, 0.15) is 31.7 Å². The van der Waals surface area contributed by atoms with Crippen molar-refractivity contribution in [2.24, 2.45) is 0 Å². The van der Waals surface area contributed by atoms with E-state index in [1.807, 2.05) is 30.3 Å². The van der Waals surface area contributed by atoms with Crippen LogP contribution in [0.4, 0.5) is 10.1 Å². The average Bonchev–Trinajstić information content (AvgIpc) is 3.32. The normalized spacial score (nSPS) is 15.1. The molecule has 1 N–H and O–H groups in total. The van der Waals surface area contributed by atoms with Crippen LogP contribution in [0.25, 0.3) is 11.3 Å². The highest BCUT2D eigenvalue weighted by Gasteiger charge is 2.27. The van der Waals surface area contributed by atoms with Crippen molar-refractivity contribution in [3.63, 3.8) is 0 Å². The van der Waals surface area contributed by atoms with Crippen LogP contribution in [0.2, 0.25) is 0 Å². The number of anilines is 1. The Labute approximate surface area is 157 Å². The lowest BCUT2D eigenvalue weighted by Gasteiger charge is -2.09. The predicted molar refractivity (Wildman–Crippen MR) is 102 cm³/mol. The first kappa shape index (κ1) is 17.7. The van der Waals surface area contributed by atoms with E-state index in [2.05, 4.69) is 9.82 Å². The maximum atomic E-state index is 13.4. The van der Waals surface area contributed by atoms with E-state index in [0.717, 1.165) is 37.3 Å². The van der Waals surface area contributed by atoms with E-state index in [-0.39, 0.29) is 16.6 Å². The second-order valence-electron chi connectivity index (χ2n) is 6.74. The summed E-state index contributed by atoms with van der Waals surface area (Å²) in [5.41, 5.74) is 1.32. The van der Waals surface area contributed by atoms with Gasteiger partial charge in [-0.05, 0) is 31.0 Å². The fourth-order valence-corrected chi connectivity index (χ4v) is 4.69. The Bertz CT molecular complexity index is 1040. The first-order valence-electron chi connectivity index (χ1n) is 8.96. The number of hydrogen-bond donors (Lipinski definition) is 1. The molecule has 2 aromatic carbocycles. The van der Waals surface area contributed by atoms with Crippen molar-refractivity contribution in [3.8, 4) is 11.3 Å². The van der Waals surface area contributed by atoms with Gasteiger partial charge < -0.3 is 0 Å². The van der Waals surface area contributed by atoms with Crippen LogP contribution in [0.15, 0.2) is 65.7 Å². The van der Waals surface area contributed by atoms with Crippen LogP contribution in [-0.4, -0.2) is 18.2 Å². The summed E-state index contributed by atoms with van der Waals surface area (Å²) in [6.07, 6.45) is 5.82. The van der Waals surface area contributed by atoms with Gasteiger partial charge in [0.05, 0.1) is 11.7 Å². The molecule has 0 spiro atoms. The van der Waals surface area contributed by atoms with Gasteiger partial charge in [0.1, 0.15) is 16.4 Å². The minimum Gasteiger partial charge on any atom is -0.279 e. The summed E-state index contributed by atoms with van der Waals surface area (Å²) in [5, 5.41) is 4.61. The zero-order chi connectivity index (χ0) is 18.9. The van der Waals surface area contributed by atoms with Gasteiger partial charge in [0, 0.05) is 11.8 Å². The fraction of sp³-hybridized carbons (Fsp3) is 0.250. The quantitative estimate of drug-likeness (QED) is 0.698. The first-order valence-corrected chi connectivity index (χ1v) is 10.4. The number of sulfonamides is 1. The molecule has 27 heavy (non-hydrogen) atoms. The second kappa shape index (κ2) is 7.15. The maximum Gasteiger partial charge on any atom is 0.265 e. The summed E-state index contributed by atoms with van der Waals surface area (Å²) in [5.74, 6) is -0.500. The highest BCUT2D eigenvalue weighted by Crippen LogP contribution is 2.33. The van der Waals surface area contributed by atoms with Crippen LogP contribution in [-0.2, 0) is 10.0 Å². The van der Waals surface area contributed by atoms with Gasteiger partial charge in [0.25, 0.3) is 10.0 Å². The summed E-state index contributed by atoms with van der Waals surface area (Å²) in [6, 6.07) is 14.9. The molecule has 1 aliphatic carbocycles. The van der Waals surface area contributed by atoms with Crippen LogP contribution in [0.5, 0.6) is 0 Å². The van der Waals surface area contributed by atoms with E-state index in [0.29, 0.717) is 5.69 Å². The molecule has 0 saturated heterocycles. The average molecular weight is 385 g/mol. The Morgan fingerprint density at radius 2 is 1.78 bits per heavy atom. The maximum absolute atomic E-state index is 13.4.